The Bertz CT molecular complexity index is 1380. The number of benzene rings is 3. The zero-order valence-corrected chi connectivity index (χ0v) is 24.0. The third-order valence-corrected chi connectivity index (χ3v) is 8.52. The van der Waals surface area contributed by atoms with Crippen LogP contribution in [0.1, 0.15) is 62.2 Å². The number of carbonyl (C=O) groups is 1. The first-order valence-electron chi connectivity index (χ1n) is 14.2. The first-order chi connectivity index (χ1) is 19.7. The Balaban J connectivity index is 1.15. The van der Waals surface area contributed by atoms with Gasteiger partial charge in [-0.2, -0.15) is 0 Å². The van der Waals surface area contributed by atoms with Crippen LogP contribution in [0.5, 0.6) is 0 Å². The third-order valence-electron chi connectivity index (χ3n) is 8.52. The second kappa shape index (κ2) is 11.1. The van der Waals surface area contributed by atoms with E-state index < -0.39 is 24.4 Å². The fraction of sp³-hybridized carbons (Fsp3) is 0.364. The highest BCUT2D eigenvalue weighted by molar-refractivity contribution is 6.56. The Morgan fingerprint density at radius 3 is 2.02 bits per heavy atom. The van der Waals surface area contributed by atoms with Crippen molar-refractivity contribution < 1.29 is 28.3 Å². The minimum atomic E-state index is -0.616. The van der Waals surface area contributed by atoms with Crippen molar-refractivity contribution in [2.24, 2.45) is 0 Å². The SMILES string of the molecule is CC1(C)OB(C(=Cc2ccc(C3OCCO3)cc2)CNC(=O)OCC2c3ccccc3-c3ccccc32)OC1(C)C. The Hall–Kier alpha value is -3.43. The molecule has 1 aliphatic carbocycles. The zero-order valence-electron chi connectivity index (χ0n) is 24.0. The van der Waals surface area contributed by atoms with E-state index in [1.165, 1.54) is 22.3 Å². The Morgan fingerprint density at radius 1 is 0.878 bits per heavy atom. The molecule has 0 radical (unpaired) electrons. The summed E-state index contributed by atoms with van der Waals surface area (Å²) in [5.41, 5.74) is 6.42. The van der Waals surface area contributed by atoms with Crippen molar-refractivity contribution in [2.75, 3.05) is 26.4 Å². The predicted octanol–water partition coefficient (Wildman–Crippen LogP) is 6.29. The zero-order chi connectivity index (χ0) is 28.6. The van der Waals surface area contributed by atoms with E-state index in [1.807, 2.05) is 82.3 Å². The van der Waals surface area contributed by atoms with E-state index >= 15 is 0 Å². The van der Waals surface area contributed by atoms with Crippen molar-refractivity contribution in [1.29, 1.82) is 0 Å². The Labute approximate surface area is 241 Å². The number of hydrogen-bond donors (Lipinski definition) is 1. The standard InChI is InChI=1S/C33H36BNO6/c1-32(2)33(3,4)41-34(40-32)24(19-22-13-15-23(16-14-22)30-37-17-18-38-30)20-35-31(36)39-21-29-27-11-7-5-9-25(27)26-10-6-8-12-28(26)29/h5-16,19,29-30H,17-18,20-21H2,1-4H3,(H,35,36). The maximum absolute atomic E-state index is 13.0. The third kappa shape index (κ3) is 5.57. The summed E-state index contributed by atoms with van der Waals surface area (Å²) in [6.45, 7) is 9.71. The molecule has 3 aromatic carbocycles. The van der Waals surface area contributed by atoms with Gasteiger partial charge in [0.2, 0.25) is 0 Å². The summed E-state index contributed by atoms with van der Waals surface area (Å²) in [4.78, 5) is 13.0. The summed E-state index contributed by atoms with van der Waals surface area (Å²) >= 11 is 0. The van der Waals surface area contributed by atoms with E-state index in [1.54, 1.807) is 0 Å². The van der Waals surface area contributed by atoms with Crippen LogP contribution in [-0.2, 0) is 23.5 Å². The van der Waals surface area contributed by atoms with Crippen molar-refractivity contribution in [2.45, 2.75) is 51.1 Å². The molecular formula is C33H36BNO6. The van der Waals surface area contributed by atoms with Crippen molar-refractivity contribution in [3.63, 3.8) is 0 Å². The van der Waals surface area contributed by atoms with Crippen LogP contribution in [0.15, 0.2) is 78.3 Å². The van der Waals surface area contributed by atoms with E-state index in [0.29, 0.717) is 13.2 Å². The highest BCUT2D eigenvalue weighted by Crippen LogP contribution is 2.44. The van der Waals surface area contributed by atoms with Crippen molar-refractivity contribution in [3.8, 4) is 11.1 Å². The van der Waals surface area contributed by atoms with E-state index in [2.05, 4.69) is 29.6 Å². The molecule has 41 heavy (non-hydrogen) atoms. The Morgan fingerprint density at radius 2 is 1.44 bits per heavy atom. The van der Waals surface area contributed by atoms with Gasteiger partial charge in [0.05, 0.1) is 24.4 Å². The quantitative estimate of drug-likeness (QED) is 0.347. The molecule has 0 saturated carbocycles. The van der Waals surface area contributed by atoms with E-state index in [4.69, 9.17) is 23.5 Å². The molecule has 8 heteroatoms. The molecule has 2 aliphatic heterocycles. The lowest BCUT2D eigenvalue weighted by Crippen LogP contribution is -2.41. The molecule has 212 valence electrons. The van der Waals surface area contributed by atoms with Gasteiger partial charge in [0, 0.05) is 18.0 Å². The molecule has 6 rings (SSSR count). The van der Waals surface area contributed by atoms with Gasteiger partial charge in [0.25, 0.3) is 0 Å². The molecule has 1 N–H and O–H groups in total. The fourth-order valence-corrected chi connectivity index (χ4v) is 5.53. The lowest BCUT2D eigenvalue weighted by atomic mass is 9.77. The predicted molar refractivity (Wildman–Crippen MR) is 158 cm³/mol. The molecule has 1 amide bonds. The highest BCUT2D eigenvalue weighted by Gasteiger charge is 2.52. The summed E-state index contributed by atoms with van der Waals surface area (Å²) in [5, 5.41) is 2.93. The van der Waals surface area contributed by atoms with E-state index in [-0.39, 0.29) is 25.4 Å². The van der Waals surface area contributed by atoms with Crippen LogP contribution in [0.3, 0.4) is 0 Å². The van der Waals surface area contributed by atoms with Crippen LogP contribution in [-0.4, -0.2) is 50.8 Å². The summed E-state index contributed by atoms with van der Waals surface area (Å²) in [6, 6.07) is 24.6. The molecule has 3 aromatic rings. The maximum atomic E-state index is 13.0. The number of carbonyl (C=O) groups excluding carboxylic acids is 1. The van der Waals surface area contributed by atoms with Gasteiger partial charge in [-0.1, -0.05) is 78.9 Å². The van der Waals surface area contributed by atoms with Gasteiger partial charge in [-0.3, -0.25) is 0 Å². The van der Waals surface area contributed by atoms with Gasteiger partial charge in [-0.15, -0.1) is 0 Å². The van der Waals surface area contributed by atoms with Gasteiger partial charge in [0.1, 0.15) is 6.61 Å². The maximum Gasteiger partial charge on any atom is 0.492 e. The minimum Gasteiger partial charge on any atom is -0.449 e. The molecule has 2 saturated heterocycles. The Kier molecular flexibility index (Phi) is 7.51. The van der Waals surface area contributed by atoms with Crippen LogP contribution in [0, 0.1) is 0 Å². The molecule has 0 unspecified atom stereocenters. The number of hydrogen-bond acceptors (Lipinski definition) is 6. The number of fused-ring (bicyclic) bond motifs is 3. The summed E-state index contributed by atoms with van der Waals surface area (Å²) < 4.78 is 29.7. The second-order valence-corrected chi connectivity index (χ2v) is 11.7. The van der Waals surface area contributed by atoms with Gasteiger partial charge in [-0.05, 0) is 61.0 Å². The molecule has 7 nitrogen and oxygen atoms in total. The molecule has 0 spiro atoms. The first kappa shape index (κ1) is 27.7. The minimum absolute atomic E-state index is 0.00222. The summed E-state index contributed by atoms with van der Waals surface area (Å²) in [6.07, 6.45) is 1.18. The van der Waals surface area contributed by atoms with Crippen LogP contribution < -0.4 is 5.32 Å². The summed E-state index contributed by atoms with van der Waals surface area (Å²) in [5.74, 6) is -0.00222. The average Bonchev–Trinajstić information content (AvgIpc) is 3.66. The van der Waals surface area contributed by atoms with E-state index in [9.17, 15) is 4.79 Å². The summed E-state index contributed by atoms with van der Waals surface area (Å²) in [7, 11) is -0.616. The largest absolute Gasteiger partial charge is 0.492 e. The number of nitrogens with one attached hydrogen (secondary N) is 1. The lowest BCUT2D eigenvalue weighted by Gasteiger charge is -2.32. The number of rotatable bonds is 7. The number of alkyl carbamates (subject to hydrolysis) is 1. The monoisotopic (exact) mass is 553 g/mol. The first-order valence-corrected chi connectivity index (χ1v) is 14.2. The van der Waals surface area contributed by atoms with Gasteiger partial charge in [-0.25, -0.2) is 4.79 Å². The second-order valence-electron chi connectivity index (χ2n) is 11.7. The van der Waals surface area contributed by atoms with Crippen LogP contribution in [0.25, 0.3) is 17.2 Å². The van der Waals surface area contributed by atoms with Crippen LogP contribution in [0.4, 0.5) is 4.79 Å². The molecule has 3 aliphatic rings. The molecule has 2 heterocycles. The van der Waals surface area contributed by atoms with E-state index in [0.717, 1.165) is 16.6 Å². The lowest BCUT2D eigenvalue weighted by molar-refractivity contribution is -0.0441. The number of ether oxygens (including phenoxy) is 3. The molecule has 2 fully saturated rings. The van der Waals surface area contributed by atoms with Gasteiger partial charge in [0.15, 0.2) is 6.29 Å². The van der Waals surface area contributed by atoms with Gasteiger partial charge < -0.3 is 28.8 Å². The number of amides is 1. The van der Waals surface area contributed by atoms with Gasteiger partial charge >= 0.3 is 13.2 Å². The van der Waals surface area contributed by atoms with Crippen LogP contribution >= 0.6 is 0 Å². The topological polar surface area (TPSA) is 75.2 Å². The average molecular weight is 553 g/mol. The van der Waals surface area contributed by atoms with Crippen LogP contribution in [0.2, 0.25) is 0 Å². The fourth-order valence-electron chi connectivity index (χ4n) is 5.53. The van der Waals surface area contributed by atoms with Crippen molar-refractivity contribution in [1.82, 2.24) is 5.32 Å². The highest BCUT2D eigenvalue weighted by atomic mass is 16.7. The van der Waals surface area contributed by atoms with Crippen molar-refractivity contribution in [3.05, 3.63) is 101 Å². The molecule has 0 bridgehead atoms. The van der Waals surface area contributed by atoms with Crippen molar-refractivity contribution >= 4 is 19.3 Å². The normalized spacial score (nSPS) is 19.7. The molecule has 0 aromatic heterocycles. The molecule has 0 atom stereocenters. The molecular weight excluding hydrogens is 517 g/mol. The smallest absolute Gasteiger partial charge is 0.449 e.